The van der Waals surface area contributed by atoms with E-state index in [9.17, 15) is 17.6 Å². The summed E-state index contributed by atoms with van der Waals surface area (Å²) in [5.41, 5.74) is -1.07. The van der Waals surface area contributed by atoms with Gasteiger partial charge in [-0.05, 0) is 11.8 Å². The first kappa shape index (κ1) is 13.1. The molecule has 1 heterocycles. The van der Waals surface area contributed by atoms with Gasteiger partial charge in [0.1, 0.15) is 5.83 Å². The fourth-order valence-electron chi connectivity index (χ4n) is 1.23. The van der Waals surface area contributed by atoms with Crippen LogP contribution < -0.4 is 0 Å². The number of pyridine rings is 1. The zero-order valence-corrected chi connectivity index (χ0v) is 10.00. The molecule has 1 nitrogen and oxygen atoms in total. The van der Waals surface area contributed by atoms with Crippen LogP contribution in [0.2, 0.25) is 0 Å². The van der Waals surface area contributed by atoms with Crippen molar-refractivity contribution in [2.75, 3.05) is 0 Å². The molecule has 0 saturated heterocycles. The summed E-state index contributed by atoms with van der Waals surface area (Å²) in [5, 5.41) is 0. The maximum absolute atomic E-state index is 13.1. The summed E-state index contributed by atoms with van der Waals surface area (Å²) in [6, 6.07) is 4.20. The van der Waals surface area contributed by atoms with Crippen molar-refractivity contribution < 1.29 is 37.7 Å². The average Bonchev–Trinajstić information content (AvgIpc) is 2.43. The summed E-state index contributed by atoms with van der Waals surface area (Å²) in [7, 11) is 0. The van der Waals surface area contributed by atoms with Crippen LogP contribution in [0, 0.1) is 6.08 Å². The molecule has 0 aromatic carbocycles. The average molecular weight is 406 g/mol. The van der Waals surface area contributed by atoms with Crippen LogP contribution in [0.5, 0.6) is 0 Å². The first-order valence-electron chi connectivity index (χ1n) is 4.03. The van der Waals surface area contributed by atoms with Gasteiger partial charge in [-0.1, -0.05) is 17.7 Å². The van der Waals surface area contributed by atoms with Crippen LogP contribution in [-0.2, 0) is 20.1 Å². The van der Waals surface area contributed by atoms with Gasteiger partial charge in [-0.25, -0.2) is 13.2 Å². The van der Waals surface area contributed by atoms with E-state index < -0.39 is 23.1 Å². The van der Waals surface area contributed by atoms with Crippen LogP contribution in [0.25, 0.3) is 5.57 Å². The van der Waals surface area contributed by atoms with E-state index in [4.69, 9.17) is 0 Å². The second kappa shape index (κ2) is 4.47. The van der Waals surface area contributed by atoms with E-state index in [2.05, 4.69) is 4.98 Å². The zero-order valence-electron chi connectivity index (χ0n) is 7.60. The molecule has 1 aromatic heterocycles. The van der Waals surface area contributed by atoms with E-state index in [1.54, 1.807) is 6.08 Å². The second-order valence-electron chi connectivity index (χ2n) is 2.92. The van der Waals surface area contributed by atoms with Crippen molar-refractivity contribution in [3.63, 3.8) is 0 Å². The molecule has 0 amide bonds. The summed E-state index contributed by atoms with van der Waals surface area (Å²) in [6.07, 6.45) is 2.91. The Kier molecular flexibility index (Phi) is 3.65. The van der Waals surface area contributed by atoms with Crippen LogP contribution >= 0.6 is 0 Å². The Bertz CT molecular complexity index is 453. The van der Waals surface area contributed by atoms with Crippen molar-refractivity contribution in [3.8, 4) is 0 Å². The number of halogens is 4. The third-order valence-electron chi connectivity index (χ3n) is 1.94. The summed E-state index contributed by atoms with van der Waals surface area (Å²) in [4.78, 5) is 3.59. The number of allylic oxidation sites excluding steroid dienone is 4. The molecular weight excluding hydrogens is 402 g/mol. The SMILES string of the molecule is FC1=C(F)C(F)(F)C(c2ccccn2)=[C-]1.[Ir]. The molecule has 0 saturated carbocycles. The molecule has 0 fully saturated rings. The minimum absolute atomic E-state index is 0. The third-order valence-corrected chi connectivity index (χ3v) is 1.94. The quantitative estimate of drug-likeness (QED) is 0.516. The van der Waals surface area contributed by atoms with E-state index in [0.717, 1.165) is 0 Å². The molecule has 1 aliphatic rings. The fourth-order valence-corrected chi connectivity index (χ4v) is 1.23. The predicted molar refractivity (Wildman–Crippen MR) is 45.1 cm³/mol. The smallest absolute Gasteiger partial charge is 0.265 e. The van der Waals surface area contributed by atoms with Gasteiger partial charge in [0.05, 0.1) is 0 Å². The summed E-state index contributed by atoms with van der Waals surface area (Å²) < 4.78 is 51.5. The third kappa shape index (κ3) is 1.95. The minimum Gasteiger partial charge on any atom is -0.320 e. The first-order chi connectivity index (χ1) is 7.03. The fraction of sp³-hybridized carbons (Fsp3) is 0.100. The van der Waals surface area contributed by atoms with Crippen molar-refractivity contribution in [3.05, 3.63) is 47.8 Å². The Morgan fingerprint density at radius 2 is 1.88 bits per heavy atom. The maximum atomic E-state index is 13.1. The molecule has 2 rings (SSSR count). The molecule has 87 valence electrons. The number of hydrogen-bond donors (Lipinski definition) is 0. The standard InChI is InChI=1S/C10H4F4N.Ir/c11-7-5-6(10(13,14)9(7)12)8-3-1-2-4-15-8;/h1-4H;/q-1;. The molecule has 6 heteroatoms. The van der Waals surface area contributed by atoms with Gasteiger partial charge in [0.2, 0.25) is 0 Å². The van der Waals surface area contributed by atoms with Crippen molar-refractivity contribution in [1.82, 2.24) is 4.98 Å². The van der Waals surface area contributed by atoms with Gasteiger partial charge in [-0.15, -0.1) is 6.08 Å². The van der Waals surface area contributed by atoms with E-state index in [0.29, 0.717) is 0 Å². The molecule has 16 heavy (non-hydrogen) atoms. The molecule has 1 aromatic rings. The first-order valence-corrected chi connectivity index (χ1v) is 4.03. The number of alkyl halides is 2. The van der Waals surface area contributed by atoms with E-state index >= 15 is 0 Å². The topological polar surface area (TPSA) is 12.9 Å². The van der Waals surface area contributed by atoms with Crippen LogP contribution in [0.1, 0.15) is 5.69 Å². The Morgan fingerprint density at radius 3 is 2.31 bits per heavy atom. The summed E-state index contributed by atoms with van der Waals surface area (Å²) in [6.45, 7) is 0. The van der Waals surface area contributed by atoms with Crippen LogP contribution in [0.15, 0.2) is 36.0 Å². The van der Waals surface area contributed by atoms with Crippen LogP contribution in [-0.4, -0.2) is 10.9 Å². The van der Waals surface area contributed by atoms with Gasteiger partial charge in [-0.3, -0.25) is 4.39 Å². The van der Waals surface area contributed by atoms with Crippen molar-refractivity contribution in [2.24, 2.45) is 0 Å². The Balaban J connectivity index is 0.00000128. The molecule has 1 radical (unpaired) electrons. The van der Waals surface area contributed by atoms with Crippen molar-refractivity contribution in [1.29, 1.82) is 0 Å². The Hall–Kier alpha value is -1.00. The molecule has 0 bridgehead atoms. The zero-order chi connectivity index (χ0) is 11.1. The molecule has 1 aliphatic carbocycles. The van der Waals surface area contributed by atoms with Gasteiger partial charge < -0.3 is 4.98 Å². The van der Waals surface area contributed by atoms with E-state index in [-0.39, 0.29) is 25.8 Å². The monoisotopic (exact) mass is 407 g/mol. The molecule has 0 unspecified atom stereocenters. The molecule has 0 N–H and O–H groups in total. The Labute approximate surface area is 102 Å². The number of hydrogen-bond acceptors (Lipinski definition) is 1. The largest absolute Gasteiger partial charge is 0.320 e. The van der Waals surface area contributed by atoms with Gasteiger partial charge >= 0.3 is 0 Å². The molecule has 0 atom stereocenters. The van der Waals surface area contributed by atoms with Gasteiger partial charge in [0, 0.05) is 32.1 Å². The van der Waals surface area contributed by atoms with Gasteiger partial charge in [0.25, 0.3) is 5.92 Å². The van der Waals surface area contributed by atoms with Crippen LogP contribution in [0.4, 0.5) is 17.6 Å². The summed E-state index contributed by atoms with van der Waals surface area (Å²) >= 11 is 0. The van der Waals surface area contributed by atoms with Crippen LogP contribution in [0.3, 0.4) is 0 Å². The number of aromatic nitrogens is 1. The Morgan fingerprint density at radius 1 is 1.19 bits per heavy atom. The molecular formula is C10H4F4IrN-. The van der Waals surface area contributed by atoms with Gasteiger partial charge in [0.15, 0.2) is 0 Å². The van der Waals surface area contributed by atoms with E-state index in [1.165, 1.54) is 24.4 Å². The van der Waals surface area contributed by atoms with E-state index in [1.807, 2.05) is 0 Å². The summed E-state index contributed by atoms with van der Waals surface area (Å²) in [5.74, 6) is -7.75. The number of nitrogens with zero attached hydrogens (tertiary/aromatic N) is 1. The molecule has 0 aliphatic heterocycles. The normalized spacial score (nSPS) is 18.1. The van der Waals surface area contributed by atoms with Crippen molar-refractivity contribution in [2.45, 2.75) is 5.92 Å². The maximum Gasteiger partial charge on any atom is 0.265 e. The molecule has 0 spiro atoms. The second-order valence-corrected chi connectivity index (χ2v) is 2.92. The van der Waals surface area contributed by atoms with Gasteiger partial charge in [-0.2, -0.15) is 0 Å². The van der Waals surface area contributed by atoms with Crippen molar-refractivity contribution >= 4 is 5.57 Å². The number of rotatable bonds is 1. The minimum atomic E-state index is -3.97. The predicted octanol–water partition coefficient (Wildman–Crippen LogP) is 3.07.